The highest BCUT2D eigenvalue weighted by Gasteiger charge is 2.32. The zero-order chi connectivity index (χ0) is 40.8. The zero-order valence-corrected chi connectivity index (χ0v) is 33.4. The molecule has 3 amide bonds. The number of nitrogens with one attached hydrogen (secondary N) is 4. The first kappa shape index (κ1) is 39.7. The smallest absolute Gasteiger partial charge is 0.255 e. The summed E-state index contributed by atoms with van der Waals surface area (Å²) >= 11 is 7.86. The minimum Gasteiger partial charge on any atom is -0.382 e. The fraction of sp³-hybridized carbons (Fsp3) is 0.186. The van der Waals surface area contributed by atoms with Crippen LogP contribution in [0.3, 0.4) is 0 Å². The highest BCUT2D eigenvalue weighted by molar-refractivity contribution is 7.15. The van der Waals surface area contributed by atoms with Crippen molar-refractivity contribution < 1.29 is 18.8 Å². The summed E-state index contributed by atoms with van der Waals surface area (Å²) in [6, 6.07) is 21.3. The van der Waals surface area contributed by atoms with Gasteiger partial charge in [0.2, 0.25) is 11.8 Å². The molecule has 58 heavy (non-hydrogen) atoms. The number of halogens is 2. The summed E-state index contributed by atoms with van der Waals surface area (Å²) in [7, 11) is 0. The van der Waals surface area contributed by atoms with Gasteiger partial charge in [0, 0.05) is 64.7 Å². The molecule has 3 aromatic heterocycles. The SMILES string of the molecule is Cc1sc2c(c1C)C(c1ccc(Cl)cc1)=N[C@H](CC(=O)NCCNc1cc(F)ccc1NC(=O)c1ccc(CNC(=O)/C=C/c3cccnc3)cc1)c1nnc(C)n1-2. The Morgan fingerprint density at radius 2 is 1.72 bits per heavy atom. The lowest BCUT2D eigenvalue weighted by atomic mass is 9.99. The van der Waals surface area contributed by atoms with E-state index in [2.05, 4.69) is 50.3 Å². The Hall–Kier alpha value is -6.51. The topological polar surface area (TPSA) is 155 Å². The van der Waals surface area contributed by atoms with E-state index in [1.54, 1.807) is 60.1 Å². The number of hydrogen-bond acceptors (Lipinski definition) is 9. The van der Waals surface area contributed by atoms with Gasteiger partial charge in [-0.15, -0.1) is 21.5 Å². The highest BCUT2D eigenvalue weighted by atomic mass is 35.5. The molecule has 0 saturated heterocycles. The number of aliphatic imine (C=N–C) groups is 1. The highest BCUT2D eigenvalue weighted by Crippen LogP contribution is 2.39. The maximum atomic E-state index is 14.4. The molecule has 0 aliphatic carbocycles. The number of aryl methyl sites for hydroxylation is 2. The predicted molar refractivity (Wildman–Crippen MR) is 225 cm³/mol. The number of amides is 3. The lowest BCUT2D eigenvalue weighted by Crippen LogP contribution is -2.30. The standard InChI is InChI=1S/C43H39ClFN9O3S/c1-25-26(2)58-43-39(25)40(30-11-13-32(44)14-12-30)50-36(41-53-52-27(3)54(41)43)22-38(56)48-20-19-47-35-21-33(45)15-16-34(35)51-42(57)31-9-6-29(7-10-31)24-49-37(55)17-8-28-5-4-18-46-23-28/h4-18,21,23,36,47H,19-20,22,24H2,1-3H3,(H,48,56)(H,49,55)(H,51,57)/b17-8+/t36-/m1/s1. The summed E-state index contributed by atoms with van der Waals surface area (Å²) in [5.74, 6) is -0.143. The van der Waals surface area contributed by atoms with Crippen molar-refractivity contribution in [1.82, 2.24) is 30.4 Å². The van der Waals surface area contributed by atoms with Crippen molar-refractivity contribution in [3.05, 3.63) is 158 Å². The molecule has 1 atom stereocenters. The van der Waals surface area contributed by atoms with E-state index < -0.39 is 17.8 Å². The second-order valence-corrected chi connectivity index (χ2v) is 15.2. The van der Waals surface area contributed by atoms with Gasteiger partial charge < -0.3 is 21.3 Å². The molecule has 12 nitrogen and oxygen atoms in total. The molecule has 3 aromatic carbocycles. The minimum absolute atomic E-state index is 0.0118. The van der Waals surface area contributed by atoms with Gasteiger partial charge in [0.15, 0.2) is 5.82 Å². The Balaban J connectivity index is 0.958. The number of benzene rings is 3. The van der Waals surface area contributed by atoms with Crippen molar-refractivity contribution in [2.75, 3.05) is 23.7 Å². The fourth-order valence-corrected chi connectivity index (χ4v) is 7.75. The van der Waals surface area contributed by atoms with Gasteiger partial charge in [-0.2, -0.15) is 0 Å². The molecule has 4 heterocycles. The predicted octanol–water partition coefficient (Wildman–Crippen LogP) is 7.53. The van der Waals surface area contributed by atoms with Gasteiger partial charge in [0.05, 0.1) is 23.5 Å². The number of carbonyl (C=O) groups excluding carboxylic acids is 3. The van der Waals surface area contributed by atoms with Gasteiger partial charge in [-0.3, -0.25) is 28.9 Å². The largest absolute Gasteiger partial charge is 0.382 e. The van der Waals surface area contributed by atoms with Crippen LogP contribution in [0, 0.1) is 26.6 Å². The van der Waals surface area contributed by atoms with E-state index in [1.807, 2.05) is 41.8 Å². The van der Waals surface area contributed by atoms with Crippen molar-refractivity contribution in [2.24, 2.45) is 4.99 Å². The Morgan fingerprint density at radius 3 is 2.48 bits per heavy atom. The molecule has 294 valence electrons. The normalized spacial score (nSPS) is 13.3. The molecule has 0 spiro atoms. The molecule has 0 fully saturated rings. The summed E-state index contributed by atoms with van der Waals surface area (Å²) in [4.78, 5) is 49.2. The van der Waals surface area contributed by atoms with E-state index in [-0.39, 0.29) is 37.9 Å². The summed E-state index contributed by atoms with van der Waals surface area (Å²) < 4.78 is 16.4. The van der Waals surface area contributed by atoms with Crippen molar-refractivity contribution in [3.8, 4) is 5.00 Å². The van der Waals surface area contributed by atoms with Crippen LogP contribution in [0.2, 0.25) is 5.02 Å². The number of nitrogens with zero attached hydrogens (tertiary/aromatic N) is 5. The molecule has 0 unspecified atom stereocenters. The monoisotopic (exact) mass is 815 g/mol. The van der Waals surface area contributed by atoms with Crippen LogP contribution in [0.1, 0.15) is 67.2 Å². The van der Waals surface area contributed by atoms with Crippen LogP contribution in [0.25, 0.3) is 11.1 Å². The average Bonchev–Trinajstić information content (AvgIpc) is 3.71. The van der Waals surface area contributed by atoms with Crippen molar-refractivity contribution in [2.45, 2.75) is 39.8 Å². The second-order valence-electron chi connectivity index (χ2n) is 13.6. The summed E-state index contributed by atoms with van der Waals surface area (Å²) in [6.07, 6.45) is 6.44. The first-order valence-corrected chi connectivity index (χ1v) is 19.7. The van der Waals surface area contributed by atoms with Gasteiger partial charge >= 0.3 is 0 Å². The molecule has 1 aliphatic heterocycles. The molecule has 0 radical (unpaired) electrons. The van der Waals surface area contributed by atoms with E-state index in [0.29, 0.717) is 33.6 Å². The van der Waals surface area contributed by atoms with Gasteiger partial charge in [-0.05, 0) is 92.1 Å². The van der Waals surface area contributed by atoms with E-state index in [4.69, 9.17) is 16.6 Å². The van der Waals surface area contributed by atoms with Crippen LogP contribution in [0.15, 0.2) is 102 Å². The Morgan fingerprint density at radius 1 is 0.931 bits per heavy atom. The number of anilines is 2. The van der Waals surface area contributed by atoms with Gasteiger partial charge in [-0.25, -0.2) is 4.39 Å². The van der Waals surface area contributed by atoms with Gasteiger partial charge in [0.25, 0.3) is 5.91 Å². The molecular formula is C43H39ClFN9O3S. The Kier molecular flexibility index (Phi) is 12.1. The minimum atomic E-state index is -0.628. The molecule has 4 N–H and O–H groups in total. The lowest BCUT2D eigenvalue weighted by Gasteiger charge is -2.15. The van der Waals surface area contributed by atoms with E-state index >= 15 is 0 Å². The van der Waals surface area contributed by atoms with Crippen LogP contribution in [-0.2, 0) is 16.1 Å². The molecule has 15 heteroatoms. The average molecular weight is 816 g/mol. The maximum Gasteiger partial charge on any atom is 0.255 e. The zero-order valence-electron chi connectivity index (χ0n) is 31.8. The van der Waals surface area contributed by atoms with Gasteiger partial charge in [-0.1, -0.05) is 41.9 Å². The van der Waals surface area contributed by atoms with Crippen LogP contribution in [-0.4, -0.2) is 56.3 Å². The number of hydrogen-bond donors (Lipinski definition) is 4. The first-order valence-electron chi connectivity index (χ1n) is 18.5. The van der Waals surface area contributed by atoms with E-state index in [0.717, 1.165) is 43.4 Å². The Bertz CT molecular complexity index is 2530. The molecule has 0 saturated carbocycles. The molecule has 1 aliphatic rings. The number of thiophene rings is 1. The van der Waals surface area contributed by atoms with Crippen molar-refractivity contribution in [1.29, 1.82) is 0 Å². The van der Waals surface area contributed by atoms with E-state index in [9.17, 15) is 18.8 Å². The van der Waals surface area contributed by atoms with Crippen LogP contribution < -0.4 is 21.3 Å². The van der Waals surface area contributed by atoms with E-state index in [1.165, 1.54) is 24.3 Å². The van der Waals surface area contributed by atoms with Crippen LogP contribution >= 0.6 is 22.9 Å². The maximum absolute atomic E-state index is 14.4. The summed E-state index contributed by atoms with van der Waals surface area (Å²) in [5, 5.41) is 22.1. The van der Waals surface area contributed by atoms with Crippen molar-refractivity contribution >= 4 is 63.8 Å². The third-order valence-corrected chi connectivity index (χ3v) is 11.0. The number of pyridine rings is 1. The molecular weight excluding hydrogens is 777 g/mol. The molecule has 6 aromatic rings. The molecule has 7 rings (SSSR count). The fourth-order valence-electron chi connectivity index (χ4n) is 6.41. The van der Waals surface area contributed by atoms with Crippen molar-refractivity contribution in [3.63, 3.8) is 0 Å². The second kappa shape index (κ2) is 17.7. The summed E-state index contributed by atoms with van der Waals surface area (Å²) in [6.45, 7) is 6.75. The number of carbonyl (C=O) groups is 3. The quantitative estimate of drug-likeness (QED) is 0.0694. The number of aromatic nitrogens is 4. The molecule has 0 bridgehead atoms. The summed E-state index contributed by atoms with van der Waals surface area (Å²) in [5.41, 5.74) is 6.40. The first-order chi connectivity index (χ1) is 28.0. The van der Waals surface area contributed by atoms with Crippen LogP contribution in [0.4, 0.5) is 15.8 Å². The van der Waals surface area contributed by atoms with Gasteiger partial charge in [0.1, 0.15) is 22.7 Å². The third-order valence-electron chi connectivity index (χ3n) is 9.52. The number of rotatable bonds is 13. The number of fused-ring (bicyclic) bond motifs is 3. The lowest BCUT2D eigenvalue weighted by molar-refractivity contribution is -0.121. The Labute approximate surface area is 343 Å². The van der Waals surface area contributed by atoms with Crippen LogP contribution in [0.5, 0.6) is 0 Å². The third kappa shape index (κ3) is 9.20.